The van der Waals surface area contributed by atoms with Gasteiger partial charge in [-0.2, -0.15) is 0 Å². The first-order chi connectivity index (χ1) is 70.8. The van der Waals surface area contributed by atoms with E-state index < -0.39 is 346 Å². The van der Waals surface area contributed by atoms with Crippen molar-refractivity contribution >= 4 is 29.6 Å². The summed E-state index contributed by atoms with van der Waals surface area (Å²) in [6.07, 6.45) is -37.0. The van der Waals surface area contributed by atoms with Crippen LogP contribution in [0.25, 0.3) is 0 Å². The highest BCUT2D eigenvalue weighted by molar-refractivity contribution is 5.77. The van der Waals surface area contributed by atoms with Crippen LogP contribution in [0.2, 0.25) is 0 Å². The van der Waals surface area contributed by atoms with Gasteiger partial charge in [-0.05, 0) is 51.9 Å². The lowest BCUT2D eigenvalue weighted by Gasteiger charge is -2.52. The molecule has 0 aliphatic carbocycles. The number of allylic oxidation sites excluding steroid dienone is 3. The number of carbonyl (C=O) groups is 5. The summed E-state index contributed by atoms with van der Waals surface area (Å²) in [6.45, 7) is -0.0673. The molecule has 8 heterocycles. The van der Waals surface area contributed by atoms with E-state index in [0.29, 0.717) is 12.8 Å². The van der Waals surface area contributed by atoms with Gasteiger partial charge in [0.1, 0.15) is 183 Å². The van der Waals surface area contributed by atoms with Crippen molar-refractivity contribution in [1.29, 1.82) is 0 Å². The highest BCUT2D eigenvalue weighted by Gasteiger charge is 2.62. The number of carboxylic acid groups (broad SMARTS) is 1. The summed E-state index contributed by atoms with van der Waals surface area (Å²) in [7, 11) is 0. The Morgan fingerprint density at radius 3 is 1.21 bits per heavy atom. The van der Waals surface area contributed by atoms with Gasteiger partial charge < -0.3 is 220 Å². The number of unbranched alkanes of at least 4 members (excludes halogenated alkanes) is 28. The van der Waals surface area contributed by atoms with E-state index in [0.717, 1.165) is 97.8 Å². The molecule has 4 amide bonds. The number of aliphatic hydroxyl groups excluding tert-OH is 23. The fourth-order valence-corrected chi connectivity index (χ4v) is 19.8. The van der Waals surface area contributed by atoms with E-state index in [1.165, 1.54) is 116 Å². The molecule has 43 atom stereocenters. The Balaban J connectivity index is 0.954. The van der Waals surface area contributed by atoms with E-state index >= 15 is 0 Å². The average molecular weight is 2140 g/mol. The Labute approximate surface area is 863 Å². The van der Waals surface area contributed by atoms with Gasteiger partial charge in [0.25, 0.3) is 5.79 Å². The van der Waals surface area contributed by atoms with Crippen molar-refractivity contribution < 1.29 is 222 Å². The van der Waals surface area contributed by atoms with Crippen LogP contribution in [0.1, 0.15) is 253 Å². The van der Waals surface area contributed by atoms with Crippen LogP contribution in [0.15, 0.2) is 24.3 Å². The maximum absolute atomic E-state index is 13.7. The number of hydrogen-bond donors (Lipinski definition) is 28. The second-order valence-electron chi connectivity index (χ2n) is 40.2. The Kier molecular flexibility index (Phi) is 57.3. The average Bonchev–Trinajstić information content (AvgIpc) is 0.710. The minimum atomic E-state index is -3.06. The molecule has 148 heavy (non-hydrogen) atoms. The van der Waals surface area contributed by atoms with Crippen molar-refractivity contribution in [1.82, 2.24) is 21.3 Å². The predicted octanol–water partition coefficient (Wildman–Crippen LogP) is -4.28. The first kappa shape index (κ1) is 128. The summed E-state index contributed by atoms with van der Waals surface area (Å²) in [5.41, 5.74) is 0. The molecule has 0 saturated carbocycles. The molecule has 8 saturated heterocycles. The molecular formula is C99H174N4O45. The van der Waals surface area contributed by atoms with E-state index in [-0.39, 0.29) is 12.3 Å². The zero-order chi connectivity index (χ0) is 109. The molecular weight excluding hydrogens is 1970 g/mol. The maximum Gasteiger partial charge on any atom is 0.364 e. The Hall–Kier alpha value is -4.73. The molecule has 16 unspecified atom stereocenters. The van der Waals surface area contributed by atoms with E-state index in [9.17, 15) is 147 Å². The largest absolute Gasteiger partial charge is 0.477 e. The third-order valence-corrected chi connectivity index (χ3v) is 28.4. The third kappa shape index (κ3) is 37.5. The van der Waals surface area contributed by atoms with Gasteiger partial charge in [-0.25, -0.2) is 4.79 Å². The Morgan fingerprint density at radius 2 is 0.743 bits per heavy atom. The molecule has 0 bridgehead atoms. The van der Waals surface area contributed by atoms with Crippen LogP contribution in [0.3, 0.4) is 0 Å². The maximum atomic E-state index is 13.7. The van der Waals surface area contributed by atoms with Gasteiger partial charge in [0.05, 0.1) is 83.3 Å². The first-order valence-electron chi connectivity index (χ1n) is 53.1. The van der Waals surface area contributed by atoms with Crippen molar-refractivity contribution in [2.45, 2.75) is 517 Å². The van der Waals surface area contributed by atoms with E-state index in [1.54, 1.807) is 6.08 Å². The number of hydrogen-bond acceptors (Lipinski definition) is 44. The minimum Gasteiger partial charge on any atom is -0.477 e. The quantitative estimate of drug-likeness (QED) is 0.0202. The second kappa shape index (κ2) is 66.1. The molecule has 8 rings (SSSR count). The summed E-state index contributed by atoms with van der Waals surface area (Å²) >= 11 is 0. The van der Waals surface area contributed by atoms with E-state index in [1.807, 2.05) is 6.08 Å². The molecule has 860 valence electrons. The number of ether oxygens (including phenoxy) is 16. The minimum absolute atomic E-state index is 0.127. The van der Waals surface area contributed by atoms with Crippen molar-refractivity contribution in [3.8, 4) is 0 Å². The van der Waals surface area contributed by atoms with Crippen molar-refractivity contribution in [2.24, 2.45) is 0 Å². The fraction of sp³-hybridized carbons (Fsp3) is 0.909. The Morgan fingerprint density at radius 1 is 0.372 bits per heavy atom. The van der Waals surface area contributed by atoms with Crippen molar-refractivity contribution in [2.75, 3.05) is 52.9 Å². The zero-order valence-corrected chi connectivity index (χ0v) is 85.9. The van der Waals surface area contributed by atoms with Crippen LogP contribution in [0.5, 0.6) is 0 Å². The topological polar surface area (TPSA) is 767 Å². The van der Waals surface area contributed by atoms with Crippen LogP contribution in [-0.4, -0.2) is 468 Å². The number of aliphatic hydroxyl groups is 23. The molecule has 49 nitrogen and oxygen atoms in total. The van der Waals surface area contributed by atoms with E-state index in [2.05, 4.69) is 47.3 Å². The molecule has 0 radical (unpaired) electrons. The summed E-state index contributed by atoms with van der Waals surface area (Å²) in [5.74, 6) is -8.25. The normalized spacial score (nSPS) is 37.8. The molecule has 0 aromatic heterocycles. The number of amides is 4. The molecule has 8 aliphatic heterocycles. The van der Waals surface area contributed by atoms with Gasteiger partial charge in [-0.3, -0.25) is 19.2 Å². The molecule has 0 aromatic rings. The summed E-state index contributed by atoms with van der Waals surface area (Å²) in [4.78, 5) is 65.8. The number of aliphatic carboxylic acids is 1. The van der Waals surface area contributed by atoms with Crippen LogP contribution in [-0.2, 0) is 99.8 Å². The molecule has 8 aliphatic rings. The highest BCUT2D eigenvalue weighted by atomic mass is 16.8. The van der Waals surface area contributed by atoms with Gasteiger partial charge in [0.15, 0.2) is 44.0 Å². The second-order valence-corrected chi connectivity index (χ2v) is 40.2. The summed E-state index contributed by atoms with van der Waals surface area (Å²) in [5, 5.41) is 282. The number of carbonyl (C=O) groups excluding carboxylic acids is 4. The number of nitrogens with one attached hydrogen (secondary N) is 4. The fourth-order valence-electron chi connectivity index (χ4n) is 19.8. The van der Waals surface area contributed by atoms with Crippen molar-refractivity contribution in [3.63, 3.8) is 0 Å². The van der Waals surface area contributed by atoms with Gasteiger partial charge in [-0.15, -0.1) is 0 Å². The smallest absolute Gasteiger partial charge is 0.364 e. The lowest BCUT2D eigenvalue weighted by Crippen LogP contribution is -2.72. The van der Waals surface area contributed by atoms with Crippen LogP contribution in [0.4, 0.5) is 0 Å². The summed E-state index contributed by atoms with van der Waals surface area (Å²) in [6, 6.07) is -6.82. The highest BCUT2D eigenvalue weighted by Crippen LogP contribution is 2.42. The molecule has 0 aromatic carbocycles. The molecule has 28 N–H and O–H groups in total. The SMILES string of the molecule is CCCCCCCC/C=C\CCCCCCCCCCCCCC(=O)N[C@@H](CO[C@@H]1OC(CO)[C@@H](O[C@@H]2OC(CO)[C@H](O)[C@H](O[C@@H]3OC(CO)[C@@H](O[C@@H]4OC(CO)[C@H](O)[C@H](O[C@@H]5OC(CO)[C@@H](O[C@@H]6OC(CO[C@]7(C(=O)O)CC(O)[C@@H](NC(C)=O)C([C@H](O)[C@H](O)CO)O7)[C@H](O)[C@H](O)C6O)[C@H](O)C5NC(C)=O)C4O)[C@H](O[C@H]4OC(C)[C@@H](O)C(O)[C@@H]4O)C3NC(C)=O)C2O)[C@H](O)C1O)[C@H](O)/C=C/CCCCCCCCCCCCC. The van der Waals surface area contributed by atoms with Gasteiger partial charge in [-0.1, -0.05) is 192 Å². The number of rotatable bonds is 66. The lowest BCUT2D eigenvalue weighted by molar-refractivity contribution is -0.397. The lowest BCUT2D eigenvalue weighted by atomic mass is 9.88. The standard InChI is InChI=1S/C99H174N4O45/c1-7-9-11-13-15-17-19-21-22-23-24-25-26-27-28-30-32-34-36-38-40-42-66(116)103-56(57(113)41-39-37-35-33-31-29-20-18-16-14-12-10-8-2)50-133-93-81(128)78(125)85(63(48-108)140-93)143-96-82(129)90(74(121)60(45-105)136-96)147-92-69(102-55(6)112)88(145-94-79(126)76(123)70(117)52(3)135-94)86(64(49-109)139-92)144-97-83(130)89(73(120)61(46-106)137-97)146-91-68(101-54(5)111)75(122)84(62(47-107)138-91)142-95-80(127)77(124)72(119)65(141-95)51-134-99(98(131)132)43-58(114)67(100-53(4)110)87(148-99)71(118)59(115)44-104/h21-22,39,41,52,56-65,67-97,104-109,113-115,117-130H,7-20,23-38,40,42-51H2,1-6H3,(H,100,110)(H,101,111)(H,102,112)(H,103,116)(H,131,132)/b22-21-,41-39+/t52?,56-,57+,58?,59+,60?,61?,62?,63?,64?,65?,67+,68?,69?,70+,71+,72-,73-,74-,75+,76?,77-,78+,79-,80?,81?,82?,83?,84+,85+,86+,87?,88+,89-,90-,91-,92-,93+,94+,95-,96-,97-,99+/m0/s1. The third-order valence-electron chi connectivity index (χ3n) is 28.4. The van der Waals surface area contributed by atoms with Gasteiger partial charge in [0.2, 0.25) is 23.6 Å². The summed E-state index contributed by atoms with van der Waals surface area (Å²) < 4.78 is 96.5. The molecule has 49 heteroatoms. The predicted molar refractivity (Wildman–Crippen MR) is 514 cm³/mol. The first-order valence-corrected chi connectivity index (χ1v) is 53.1. The van der Waals surface area contributed by atoms with Crippen LogP contribution in [0, 0.1) is 0 Å². The molecule has 8 fully saturated rings. The monoisotopic (exact) mass is 2140 g/mol. The van der Waals surface area contributed by atoms with Crippen LogP contribution >= 0.6 is 0 Å². The zero-order valence-electron chi connectivity index (χ0n) is 85.9. The molecule has 0 spiro atoms. The van der Waals surface area contributed by atoms with Crippen LogP contribution < -0.4 is 21.3 Å². The van der Waals surface area contributed by atoms with Gasteiger partial charge >= 0.3 is 5.97 Å². The van der Waals surface area contributed by atoms with Crippen molar-refractivity contribution in [3.05, 3.63) is 24.3 Å². The van der Waals surface area contributed by atoms with E-state index in [4.69, 9.17) is 75.8 Å². The van der Waals surface area contributed by atoms with Gasteiger partial charge in [0, 0.05) is 33.6 Å². The number of carboxylic acids is 1. The Bertz CT molecular complexity index is 3790.